The zero-order chi connectivity index (χ0) is 18.5. The van der Waals surface area contributed by atoms with Crippen molar-refractivity contribution in [1.82, 2.24) is 5.01 Å². The number of benzene rings is 1. The molecule has 2 fully saturated rings. The van der Waals surface area contributed by atoms with Crippen LogP contribution in [-0.2, 0) is 9.59 Å². The zero-order valence-electron chi connectivity index (χ0n) is 14.4. The second-order valence-corrected chi connectivity index (χ2v) is 7.28. The van der Waals surface area contributed by atoms with Crippen LogP contribution >= 0.6 is 0 Å². The molecule has 6 heteroatoms. The Balaban J connectivity index is 1.37. The molecule has 0 radical (unpaired) electrons. The van der Waals surface area contributed by atoms with Gasteiger partial charge in [0.2, 0.25) is 0 Å². The van der Waals surface area contributed by atoms with Crippen molar-refractivity contribution in [3.63, 3.8) is 0 Å². The number of nitrogens with zero attached hydrogens (tertiary/aromatic N) is 2. The summed E-state index contributed by atoms with van der Waals surface area (Å²) in [6.45, 7) is 0. The van der Waals surface area contributed by atoms with Gasteiger partial charge in [-0.15, -0.1) is 0 Å². The van der Waals surface area contributed by atoms with Crippen molar-refractivity contribution in [3.8, 4) is 11.3 Å². The van der Waals surface area contributed by atoms with E-state index in [0.29, 0.717) is 11.5 Å². The molecule has 0 N–H and O–H groups in total. The van der Waals surface area contributed by atoms with E-state index in [0.717, 1.165) is 23.4 Å². The first-order valence-electron chi connectivity index (χ1n) is 9.08. The maximum Gasteiger partial charge on any atom is 0.254 e. The Morgan fingerprint density at radius 1 is 0.963 bits per heavy atom. The standard InChI is InChI=1S/C21H17FN2O3/c22-15-7-5-12(6-8-15)17-10-9-16(27-17)11-23-24-20(25)18-13-1-2-14(4-3-13)19(18)21(24)26/h1-2,5-11,13-14,18-19H,3-4H2/b23-11-/t13-,14-,18+,19+/m0/s1. The highest BCUT2D eigenvalue weighted by Gasteiger charge is 2.56. The molecule has 1 aromatic carbocycles. The van der Waals surface area contributed by atoms with E-state index in [4.69, 9.17) is 4.42 Å². The van der Waals surface area contributed by atoms with Gasteiger partial charge in [0.15, 0.2) is 0 Å². The summed E-state index contributed by atoms with van der Waals surface area (Å²) in [5.41, 5.74) is 0.734. The fourth-order valence-electron chi connectivity index (χ4n) is 4.48. The first kappa shape index (κ1) is 16.2. The third-order valence-corrected chi connectivity index (χ3v) is 5.79. The van der Waals surface area contributed by atoms with E-state index in [1.165, 1.54) is 18.3 Å². The van der Waals surface area contributed by atoms with Gasteiger partial charge in [0.05, 0.1) is 18.1 Å². The van der Waals surface area contributed by atoms with Gasteiger partial charge in [-0.05, 0) is 61.1 Å². The van der Waals surface area contributed by atoms with Crippen molar-refractivity contribution < 1.29 is 18.4 Å². The van der Waals surface area contributed by atoms with Crippen LogP contribution in [0, 0.1) is 29.5 Å². The lowest BCUT2D eigenvalue weighted by atomic mass is 9.63. The van der Waals surface area contributed by atoms with Crippen LogP contribution in [0.15, 0.2) is 58.1 Å². The van der Waals surface area contributed by atoms with Crippen molar-refractivity contribution in [3.05, 3.63) is 60.1 Å². The number of carbonyl (C=O) groups is 2. The zero-order valence-corrected chi connectivity index (χ0v) is 14.4. The fraction of sp³-hybridized carbons (Fsp3) is 0.286. The summed E-state index contributed by atoms with van der Waals surface area (Å²) >= 11 is 0. The summed E-state index contributed by atoms with van der Waals surface area (Å²) in [6.07, 6.45) is 7.45. The number of rotatable bonds is 3. The molecule has 136 valence electrons. The number of fused-ring (bicyclic) bond motifs is 1. The monoisotopic (exact) mass is 364 g/mol. The van der Waals surface area contributed by atoms with Crippen LogP contribution in [-0.4, -0.2) is 23.0 Å². The molecule has 2 heterocycles. The second-order valence-electron chi connectivity index (χ2n) is 7.28. The highest BCUT2D eigenvalue weighted by molar-refractivity contribution is 6.06. The number of halogens is 1. The molecule has 1 aliphatic heterocycles. The van der Waals surface area contributed by atoms with E-state index in [1.807, 2.05) is 0 Å². The van der Waals surface area contributed by atoms with Crippen LogP contribution in [0.3, 0.4) is 0 Å². The minimum Gasteiger partial charge on any atom is -0.455 e. The first-order valence-corrected chi connectivity index (χ1v) is 9.08. The average Bonchev–Trinajstić information content (AvgIpc) is 3.26. The lowest BCUT2D eigenvalue weighted by molar-refractivity contribution is -0.140. The Hall–Kier alpha value is -3.02. The molecule has 2 amide bonds. The molecule has 4 aliphatic rings. The van der Waals surface area contributed by atoms with E-state index in [1.54, 1.807) is 24.3 Å². The molecule has 2 aromatic rings. The Morgan fingerprint density at radius 2 is 1.59 bits per heavy atom. The second kappa shape index (κ2) is 6.01. The van der Waals surface area contributed by atoms with Gasteiger partial charge in [-0.3, -0.25) is 9.59 Å². The van der Waals surface area contributed by atoms with E-state index in [2.05, 4.69) is 17.3 Å². The highest BCUT2D eigenvalue weighted by atomic mass is 19.1. The first-order chi connectivity index (χ1) is 13.1. The summed E-state index contributed by atoms with van der Waals surface area (Å²) in [5.74, 6) is -0.0260. The molecule has 2 bridgehead atoms. The van der Waals surface area contributed by atoms with E-state index >= 15 is 0 Å². The minimum atomic E-state index is -0.317. The molecule has 0 unspecified atom stereocenters. The number of hydrazone groups is 1. The Labute approximate surface area is 155 Å². The summed E-state index contributed by atoms with van der Waals surface area (Å²) in [4.78, 5) is 25.4. The van der Waals surface area contributed by atoms with Crippen LogP contribution < -0.4 is 0 Å². The molecule has 1 aromatic heterocycles. The summed E-state index contributed by atoms with van der Waals surface area (Å²) in [5, 5.41) is 5.13. The van der Waals surface area contributed by atoms with E-state index in [9.17, 15) is 14.0 Å². The van der Waals surface area contributed by atoms with Gasteiger partial charge in [-0.1, -0.05) is 12.2 Å². The van der Waals surface area contributed by atoms with Crippen LogP contribution in [0.25, 0.3) is 11.3 Å². The van der Waals surface area contributed by atoms with Gasteiger partial charge in [0.25, 0.3) is 11.8 Å². The number of carbonyl (C=O) groups excluding carboxylic acids is 2. The van der Waals surface area contributed by atoms with Gasteiger partial charge in [-0.25, -0.2) is 4.39 Å². The average molecular weight is 364 g/mol. The topological polar surface area (TPSA) is 62.9 Å². The predicted molar refractivity (Wildman–Crippen MR) is 95.9 cm³/mol. The summed E-state index contributed by atoms with van der Waals surface area (Å²) in [6, 6.07) is 9.40. The SMILES string of the molecule is O=C1[C@H]2[C@H](C(=O)N1/N=C\c1ccc(-c3ccc(F)cc3)o1)[C@H]1C=C[C@H]2CC1. The molecule has 27 heavy (non-hydrogen) atoms. The number of amides is 2. The van der Waals surface area contributed by atoms with Crippen LogP contribution in [0.1, 0.15) is 18.6 Å². The van der Waals surface area contributed by atoms with Crippen molar-refractivity contribution in [2.24, 2.45) is 28.8 Å². The molecule has 4 atom stereocenters. The Kier molecular flexibility index (Phi) is 3.60. The van der Waals surface area contributed by atoms with Gasteiger partial charge < -0.3 is 4.42 Å². The summed E-state index contributed by atoms with van der Waals surface area (Å²) in [7, 11) is 0. The van der Waals surface area contributed by atoms with E-state index < -0.39 is 0 Å². The van der Waals surface area contributed by atoms with Gasteiger partial charge >= 0.3 is 0 Å². The van der Waals surface area contributed by atoms with Crippen LogP contribution in [0.4, 0.5) is 4.39 Å². The van der Waals surface area contributed by atoms with Crippen LogP contribution in [0.5, 0.6) is 0 Å². The minimum absolute atomic E-state index is 0.144. The maximum atomic E-state index is 13.0. The van der Waals surface area contributed by atoms with Crippen molar-refractivity contribution in [1.29, 1.82) is 0 Å². The number of imide groups is 1. The van der Waals surface area contributed by atoms with Crippen molar-refractivity contribution >= 4 is 18.0 Å². The van der Waals surface area contributed by atoms with Gasteiger partial charge in [0.1, 0.15) is 17.3 Å². The maximum absolute atomic E-state index is 13.0. The van der Waals surface area contributed by atoms with Crippen LogP contribution in [0.2, 0.25) is 0 Å². The largest absolute Gasteiger partial charge is 0.455 e. The Bertz CT molecular complexity index is 944. The number of hydrogen-bond acceptors (Lipinski definition) is 4. The van der Waals surface area contributed by atoms with Gasteiger partial charge in [-0.2, -0.15) is 10.1 Å². The summed E-state index contributed by atoms with van der Waals surface area (Å²) < 4.78 is 18.7. The fourth-order valence-corrected chi connectivity index (χ4v) is 4.48. The molecule has 0 spiro atoms. The molecule has 5 nitrogen and oxygen atoms in total. The number of furan rings is 1. The molecule has 3 aliphatic carbocycles. The predicted octanol–water partition coefficient (Wildman–Crippen LogP) is 3.62. The van der Waals surface area contributed by atoms with E-state index in [-0.39, 0.29) is 41.3 Å². The molecule has 6 rings (SSSR count). The quantitative estimate of drug-likeness (QED) is 0.475. The van der Waals surface area contributed by atoms with Crippen molar-refractivity contribution in [2.75, 3.05) is 0 Å². The number of hydrogen-bond donors (Lipinski definition) is 0. The highest BCUT2D eigenvalue weighted by Crippen LogP contribution is 2.49. The normalized spacial score (nSPS) is 29.1. The molecular formula is C21H17FN2O3. The smallest absolute Gasteiger partial charge is 0.254 e. The van der Waals surface area contributed by atoms with Crippen molar-refractivity contribution in [2.45, 2.75) is 12.8 Å². The third-order valence-electron chi connectivity index (χ3n) is 5.79. The number of allylic oxidation sites excluding steroid dienone is 2. The molecular weight excluding hydrogens is 347 g/mol. The lowest BCUT2D eigenvalue weighted by Crippen LogP contribution is -2.38. The molecule has 1 saturated heterocycles. The Morgan fingerprint density at radius 3 is 2.19 bits per heavy atom. The van der Waals surface area contributed by atoms with Gasteiger partial charge in [0, 0.05) is 5.56 Å². The third kappa shape index (κ3) is 2.55. The molecule has 1 saturated carbocycles. The lowest BCUT2D eigenvalue weighted by Gasteiger charge is -2.37.